The molecule has 0 unspecified atom stereocenters. The fourth-order valence-electron chi connectivity index (χ4n) is 3.83. The zero-order valence-corrected chi connectivity index (χ0v) is 17.2. The Kier molecular flexibility index (Phi) is 6.13. The standard InChI is InChI=1S/C22H24N4O5/c1-30-13-10-23-17-7-6-16(14-19(17)26(28)29)22(27)25-11-8-15(9-12-25)21-24-18-4-2-3-5-20(18)31-21/h2-7,14-15,23H,8-13H2,1H3. The number of carbonyl (C=O) groups is 1. The summed E-state index contributed by atoms with van der Waals surface area (Å²) >= 11 is 0. The Bertz CT molecular complexity index is 1060. The number of rotatable bonds is 7. The van der Waals surface area contributed by atoms with E-state index in [0.29, 0.717) is 43.4 Å². The number of nitro groups is 1. The minimum absolute atomic E-state index is 0.122. The molecule has 1 aliphatic heterocycles. The highest BCUT2D eigenvalue weighted by atomic mass is 16.6. The topological polar surface area (TPSA) is 111 Å². The Morgan fingerprint density at radius 2 is 2.06 bits per heavy atom. The molecule has 1 aromatic heterocycles. The van der Waals surface area contributed by atoms with Crippen molar-refractivity contribution in [3.8, 4) is 0 Å². The molecule has 0 radical (unpaired) electrons. The van der Waals surface area contributed by atoms with E-state index in [1.165, 1.54) is 6.07 Å². The van der Waals surface area contributed by atoms with Gasteiger partial charge in [0.15, 0.2) is 11.5 Å². The number of anilines is 1. The second-order valence-corrected chi connectivity index (χ2v) is 7.49. The summed E-state index contributed by atoms with van der Waals surface area (Å²) in [6.45, 7) is 1.95. The first-order valence-electron chi connectivity index (χ1n) is 10.2. The number of ether oxygens (including phenoxy) is 1. The van der Waals surface area contributed by atoms with Gasteiger partial charge in [-0.1, -0.05) is 12.1 Å². The third-order valence-corrected chi connectivity index (χ3v) is 5.50. The molecule has 0 atom stereocenters. The summed E-state index contributed by atoms with van der Waals surface area (Å²) in [6.07, 6.45) is 1.47. The number of hydrogen-bond donors (Lipinski definition) is 1. The van der Waals surface area contributed by atoms with Gasteiger partial charge >= 0.3 is 0 Å². The Hall–Kier alpha value is -3.46. The van der Waals surface area contributed by atoms with Gasteiger partial charge in [0.2, 0.25) is 0 Å². The van der Waals surface area contributed by atoms with E-state index in [1.807, 2.05) is 24.3 Å². The second-order valence-electron chi connectivity index (χ2n) is 7.49. The van der Waals surface area contributed by atoms with Crippen LogP contribution in [0.2, 0.25) is 0 Å². The minimum atomic E-state index is -0.481. The molecule has 1 saturated heterocycles. The van der Waals surface area contributed by atoms with E-state index in [0.717, 1.165) is 23.9 Å². The SMILES string of the molecule is COCCNc1ccc(C(=O)N2CCC(c3nc4ccccc4o3)CC2)cc1[N+](=O)[O-]. The van der Waals surface area contributed by atoms with Crippen LogP contribution in [0, 0.1) is 10.1 Å². The van der Waals surface area contributed by atoms with Gasteiger partial charge in [-0.05, 0) is 37.1 Å². The summed E-state index contributed by atoms with van der Waals surface area (Å²) in [5, 5.41) is 14.4. The lowest BCUT2D eigenvalue weighted by Gasteiger charge is -2.30. The first-order valence-corrected chi connectivity index (χ1v) is 10.2. The van der Waals surface area contributed by atoms with E-state index in [9.17, 15) is 14.9 Å². The predicted octanol–water partition coefficient (Wildman–Crippen LogP) is 3.81. The zero-order valence-electron chi connectivity index (χ0n) is 17.2. The van der Waals surface area contributed by atoms with E-state index in [2.05, 4.69) is 10.3 Å². The monoisotopic (exact) mass is 424 g/mol. The molecule has 162 valence electrons. The molecule has 1 amide bonds. The zero-order chi connectivity index (χ0) is 21.8. The lowest BCUT2D eigenvalue weighted by atomic mass is 9.96. The van der Waals surface area contributed by atoms with Crippen molar-refractivity contribution < 1.29 is 18.9 Å². The molecule has 0 saturated carbocycles. The molecule has 3 aromatic rings. The molecule has 0 spiro atoms. The third kappa shape index (κ3) is 4.51. The molecule has 1 fully saturated rings. The van der Waals surface area contributed by atoms with E-state index < -0.39 is 4.92 Å². The van der Waals surface area contributed by atoms with Crippen molar-refractivity contribution in [2.45, 2.75) is 18.8 Å². The Morgan fingerprint density at radius 1 is 1.29 bits per heavy atom. The molecule has 2 heterocycles. The first kappa shape index (κ1) is 20.8. The maximum Gasteiger partial charge on any atom is 0.293 e. The van der Waals surface area contributed by atoms with E-state index >= 15 is 0 Å². The quantitative estimate of drug-likeness (QED) is 0.349. The van der Waals surface area contributed by atoms with Gasteiger partial charge in [0.05, 0.1) is 11.5 Å². The maximum atomic E-state index is 13.0. The number of hydrogen-bond acceptors (Lipinski definition) is 7. The first-order chi connectivity index (χ1) is 15.1. The van der Waals surface area contributed by atoms with Crippen LogP contribution in [0.3, 0.4) is 0 Å². The molecule has 2 aromatic carbocycles. The molecule has 9 nitrogen and oxygen atoms in total. The van der Waals surface area contributed by atoms with Gasteiger partial charge in [-0.25, -0.2) is 4.98 Å². The van der Waals surface area contributed by atoms with Crippen LogP contribution in [0.1, 0.15) is 35.0 Å². The lowest BCUT2D eigenvalue weighted by Crippen LogP contribution is -2.38. The molecule has 1 aliphatic rings. The molecule has 0 aliphatic carbocycles. The van der Waals surface area contributed by atoms with Crippen molar-refractivity contribution in [3.63, 3.8) is 0 Å². The number of piperidine rings is 1. The number of nitrogens with zero attached hydrogens (tertiary/aromatic N) is 3. The number of oxazole rings is 1. The maximum absolute atomic E-state index is 13.0. The van der Waals surface area contributed by atoms with Crippen molar-refractivity contribution in [2.75, 3.05) is 38.7 Å². The van der Waals surface area contributed by atoms with Crippen molar-refractivity contribution in [1.82, 2.24) is 9.88 Å². The Balaban J connectivity index is 1.43. The summed E-state index contributed by atoms with van der Waals surface area (Å²) in [4.78, 5) is 30.3. The van der Waals surface area contributed by atoms with Crippen LogP contribution in [0.25, 0.3) is 11.1 Å². The highest BCUT2D eigenvalue weighted by Crippen LogP contribution is 2.31. The van der Waals surface area contributed by atoms with Crippen LogP contribution >= 0.6 is 0 Å². The number of likely N-dealkylation sites (tertiary alicyclic amines) is 1. The van der Waals surface area contributed by atoms with E-state index in [-0.39, 0.29) is 17.5 Å². The molecule has 0 bridgehead atoms. The molecule has 9 heteroatoms. The van der Waals surface area contributed by atoms with Crippen molar-refractivity contribution in [1.29, 1.82) is 0 Å². The lowest BCUT2D eigenvalue weighted by molar-refractivity contribution is -0.384. The summed E-state index contributed by atoms with van der Waals surface area (Å²) in [7, 11) is 1.56. The van der Waals surface area contributed by atoms with Crippen LogP contribution in [0.5, 0.6) is 0 Å². The molecule has 4 rings (SSSR count). The Labute approximate surface area is 179 Å². The highest BCUT2D eigenvalue weighted by Gasteiger charge is 2.28. The number of para-hydroxylation sites is 2. The van der Waals surface area contributed by atoms with Gasteiger partial charge in [0, 0.05) is 44.3 Å². The number of carbonyl (C=O) groups excluding carboxylic acids is 1. The van der Waals surface area contributed by atoms with Gasteiger partial charge < -0.3 is 19.4 Å². The molecular formula is C22H24N4O5. The highest BCUT2D eigenvalue weighted by molar-refractivity contribution is 5.95. The average Bonchev–Trinajstić information content (AvgIpc) is 3.23. The molecular weight excluding hydrogens is 400 g/mol. The minimum Gasteiger partial charge on any atom is -0.440 e. The number of nitro benzene ring substituents is 1. The molecule has 31 heavy (non-hydrogen) atoms. The van der Waals surface area contributed by atoms with Crippen LogP contribution in [-0.4, -0.2) is 54.1 Å². The number of fused-ring (bicyclic) bond motifs is 1. The van der Waals surface area contributed by atoms with Gasteiger partial charge in [-0.3, -0.25) is 14.9 Å². The molecule has 1 N–H and O–H groups in total. The third-order valence-electron chi connectivity index (χ3n) is 5.50. The number of methoxy groups -OCH3 is 1. The van der Waals surface area contributed by atoms with Gasteiger partial charge in [-0.15, -0.1) is 0 Å². The summed E-state index contributed by atoms with van der Waals surface area (Å²) in [5.74, 6) is 0.649. The number of benzene rings is 2. The number of nitrogens with one attached hydrogen (secondary N) is 1. The fraction of sp³-hybridized carbons (Fsp3) is 0.364. The largest absolute Gasteiger partial charge is 0.440 e. The van der Waals surface area contributed by atoms with Crippen LogP contribution in [0.4, 0.5) is 11.4 Å². The number of aromatic nitrogens is 1. The van der Waals surface area contributed by atoms with Gasteiger partial charge in [-0.2, -0.15) is 0 Å². The number of amides is 1. The summed E-state index contributed by atoms with van der Waals surface area (Å²) in [5.41, 5.74) is 2.16. The van der Waals surface area contributed by atoms with Crippen molar-refractivity contribution in [3.05, 3.63) is 64.0 Å². The van der Waals surface area contributed by atoms with Crippen LogP contribution < -0.4 is 5.32 Å². The average molecular weight is 424 g/mol. The fourth-order valence-corrected chi connectivity index (χ4v) is 3.83. The predicted molar refractivity (Wildman–Crippen MR) is 115 cm³/mol. The van der Waals surface area contributed by atoms with Crippen LogP contribution in [0.15, 0.2) is 46.9 Å². The second kappa shape index (κ2) is 9.13. The van der Waals surface area contributed by atoms with Gasteiger partial charge in [0.25, 0.3) is 11.6 Å². The van der Waals surface area contributed by atoms with Crippen molar-refractivity contribution in [2.24, 2.45) is 0 Å². The van der Waals surface area contributed by atoms with Crippen molar-refractivity contribution >= 4 is 28.4 Å². The summed E-state index contributed by atoms with van der Waals surface area (Å²) < 4.78 is 10.8. The summed E-state index contributed by atoms with van der Waals surface area (Å²) in [6, 6.07) is 12.2. The van der Waals surface area contributed by atoms with E-state index in [1.54, 1.807) is 24.1 Å². The normalized spacial score (nSPS) is 14.7. The smallest absolute Gasteiger partial charge is 0.293 e. The van der Waals surface area contributed by atoms with Gasteiger partial charge in [0.1, 0.15) is 11.2 Å². The van der Waals surface area contributed by atoms with Crippen LogP contribution in [-0.2, 0) is 4.74 Å². The Morgan fingerprint density at radius 3 is 2.77 bits per heavy atom. The van der Waals surface area contributed by atoms with E-state index in [4.69, 9.17) is 9.15 Å².